The van der Waals surface area contributed by atoms with Gasteiger partial charge in [-0.05, 0) is 40.0 Å². The van der Waals surface area contributed by atoms with E-state index in [0.717, 1.165) is 6.92 Å². The highest BCUT2D eigenvalue weighted by atomic mass is 17.0. The van der Waals surface area contributed by atoms with Gasteiger partial charge in [0, 0.05) is 18.8 Å². The van der Waals surface area contributed by atoms with Crippen molar-refractivity contribution >= 4 is 5.97 Å². The van der Waals surface area contributed by atoms with Crippen LogP contribution in [0.2, 0.25) is 0 Å². The summed E-state index contributed by atoms with van der Waals surface area (Å²) in [5.41, 5.74) is -2.19. The zero-order valence-corrected chi connectivity index (χ0v) is 17.3. The van der Waals surface area contributed by atoms with E-state index in [4.69, 9.17) is 4.84 Å². The predicted molar refractivity (Wildman–Crippen MR) is 95.7 cm³/mol. The van der Waals surface area contributed by atoms with Crippen molar-refractivity contribution in [3.05, 3.63) is 30.3 Å². The van der Waals surface area contributed by atoms with Crippen LogP contribution in [0.4, 0.5) is 0 Å². The molecule has 0 aromatic carbocycles. The van der Waals surface area contributed by atoms with E-state index in [2.05, 4.69) is 14.5 Å². The van der Waals surface area contributed by atoms with Crippen LogP contribution in [0.5, 0.6) is 0 Å². The Labute approximate surface area is 171 Å². The largest absolute Gasteiger partial charge is 0.367 e. The van der Waals surface area contributed by atoms with E-state index in [1.54, 1.807) is 27.7 Å². The van der Waals surface area contributed by atoms with Gasteiger partial charge in [0.2, 0.25) is 0 Å². The maximum Gasteiger partial charge on any atom is 0.322 e. The summed E-state index contributed by atoms with van der Waals surface area (Å²) in [5, 5.41) is 30.6. The van der Waals surface area contributed by atoms with Crippen LogP contribution >= 0.6 is 0 Å². The third kappa shape index (κ3) is 6.27. The second kappa shape index (κ2) is 9.69. The van der Waals surface area contributed by atoms with Gasteiger partial charge < -0.3 is 19.4 Å². The lowest BCUT2D eigenvalue weighted by Gasteiger charge is -2.49. The molecule has 1 aliphatic rings. The van der Waals surface area contributed by atoms with Crippen LogP contribution < -0.4 is 0 Å². The van der Waals surface area contributed by atoms with Crippen molar-refractivity contribution < 1.29 is 39.4 Å². The van der Waals surface area contributed by atoms with Crippen molar-refractivity contribution in [2.45, 2.75) is 52.1 Å². The van der Waals surface area contributed by atoms with Crippen molar-refractivity contribution in [3.8, 4) is 0 Å². The minimum atomic E-state index is -1.14. The van der Waals surface area contributed by atoms with Crippen molar-refractivity contribution in [1.29, 1.82) is 0 Å². The van der Waals surface area contributed by atoms with E-state index in [1.165, 1.54) is 5.06 Å². The number of hydrogen-bond donors (Lipinski definition) is 0. The highest BCUT2D eigenvalue weighted by Crippen LogP contribution is 2.46. The van der Waals surface area contributed by atoms with Crippen molar-refractivity contribution in [2.75, 3.05) is 19.8 Å². The van der Waals surface area contributed by atoms with Gasteiger partial charge in [0.05, 0.1) is 17.7 Å². The molecule has 172 valence electrons. The molecule has 0 radical (unpaired) electrons. The standard InChI is InChI=1S/C15H26N4O11/c1-10(20)30-16-14(2,3)12(8-28-18(23)24)6-11(7-27-17(21)22)13(15(16,4)5)9-29-19(25)26/h11-13H,6-9H2,1-5H3. The fourth-order valence-corrected chi connectivity index (χ4v) is 4.06. The summed E-state index contributed by atoms with van der Waals surface area (Å²) in [6.07, 6.45) is 0.0849. The van der Waals surface area contributed by atoms with Gasteiger partial charge in [0.1, 0.15) is 13.2 Å². The topological polar surface area (TPSA) is 187 Å². The molecule has 0 aromatic rings. The second-order valence-corrected chi connectivity index (χ2v) is 8.04. The van der Waals surface area contributed by atoms with Crippen LogP contribution in [-0.2, 0) is 24.1 Å². The lowest BCUT2D eigenvalue weighted by Crippen LogP contribution is -2.61. The summed E-state index contributed by atoms with van der Waals surface area (Å²) in [5.74, 6) is -2.85. The number of rotatable bonds is 10. The lowest BCUT2D eigenvalue weighted by atomic mass is 9.76. The van der Waals surface area contributed by atoms with Gasteiger partial charge in [-0.25, -0.2) is 0 Å². The highest BCUT2D eigenvalue weighted by Gasteiger charge is 2.55. The quantitative estimate of drug-likeness (QED) is 0.351. The Balaban J connectivity index is 3.47. The normalized spacial score (nSPS) is 25.4. The van der Waals surface area contributed by atoms with E-state index in [1.807, 2.05) is 0 Å². The Bertz CT molecular complexity index is 669. The Kier molecular flexibility index (Phi) is 8.09. The lowest BCUT2D eigenvalue weighted by molar-refractivity contribution is -0.764. The Morgan fingerprint density at radius 1 is 0.900 bits per heavy atom. The van der Waals surface area contributed by atoms with Crippen molar-refractivity contribution in [1.82, 2.24) is 5.06 Å². The van der Waals surface area contributed by atoms with Crippen LogP contribution in [0.1, 0.15) is 41.0 Å². The van der Waals surface area contributed by atoms with Crippen LogP contribution in [-0.4, -0.2) is 57.2 Å². The summed E-state index contributed by atoms with van der Waals surface area (Å²) in [7, 11) is 0. The minimum Gasteiger partial charge on any atom is -0.367 e. The molecule has 0 aliphatic carbocycles. The molecule has 1 heterocycles. The zero-order valence-electron chi connectivity index (χ0n) is 17.3. The molecule has 30 heavy (non-hydrogen) atoms. The fraction of sp³-hybridized carbons (Fsp3) is 0.933. The molecular weight excluding hydrogens is 412 g/mol. The summed E-state index contributed by atoms with van der Waals surface area (Å²) in [6, 6.07) is 0. The van der Waals surface area contributed by atoms with Crippen LogP contribution in [0.3, 0.4) is 0 Å². The molecule has 15 heteroatoms. The first-order chi connectivity index (χ1) is 13.7. The summed E-state index contributed by atoms with van der Waals surface area (Å²) >= 11 is 0. The van der Waals surface area contributed by atoms with Crippen LogP contribution in [0, 0.1) is 48.1 Å². The van der Waals surface area contributed by atoms with E-state index in [-0.39, 0.29) is 6.42 Å². The SMILES string of the molecule is CC(=O)ON1C(C)(C)C(CO[N+](=O)[O-])CC(CO[N+](=O)[O-])C(CO[N+](=O)[O-])C1(C)C. The molecule has 1 aliphatic heterocycles. The molecule has 0 saturated carbocycles. The molecule has 3 unspecified atom stereocenters. The first kappa shape index (κ1) is 25.1. The number of hydroxylamine groups is 2. The smallest absolute Gasteiger partial charge is 0.322 e. The average Bonchev–Trinajstić information content (AvgIpc) is 2.63. The first-order valence-corrected chi connectivity index (χ1v) is 9.00. The summed E-state index contributed by atoms with van der Waals surface area (Å²) in [6.45, 7) is 6.43. The van der Waals surface area contributed by atoms with Crippen molar-refractivity contribution in [3.63, 3.8) is 0 Å². The number of nitrogens with zero attached hydrogens (tertiary/aromatic N) is 4. The maximum atomic E-state index is 11.8. The van der Waals surface area contributed by atoms with Gasteiger partial charge in [0.25, 0.3) is 15.3 Å². The third-order valence-corrected chi connectivity index (χ3v) is 5.46. The van der Waals surface area contributed by atoms with Gasteiger partial charge in [0.15, 0.2) is 0 Å². The van der Waals surface area contributed by atoms with Crippen LogP contribution in [0.15, 0.2) is 0 Å². The predicted octanol–water partition coefficient (Wildman–Crippen LogP) is 1.20. The molecule has 15 nitrogen and oxygen atoms in total. The fourth-order valence-electron chi connectivity index (χ4n) is 4.06. The maximum absolute atomic E-state index is 11.8. The molecule has 0 N–H and O–H groups in total. The molecule has 0 aromatic heterocycles. The molecule has 0 bridgehead atoms. The monoisotopic (exact) mass is 438 g/mol. The molecule has 3 atom stereocenters. The van der Waals surface area contributed by atoms with Crippen molar-refractivity contribution in [2.24, 2.45) is 17.8 Å². The number of carbonyl (C=O) groups excluding carboxylic acids is 1. The Morgan fingerprint density at radius 3 is 1.83 bits per heavy atom. The van der Waals surface area contributed by atoms with E-state index < -0.39 is 69.9 Å². The van der Waals surface area contributed by atoms with E-state index in [9.17, 15) is 35.1 Å². The van der Waals surface area contributed by atoms with E-state index in [0.29, 0.717) is 0 Å². The highest BCUT2D eigenvalue weighted by molar-refractivity contribution is 5.65. The van der Waals surface area contributed by atoms with Gasteiger partial charge in [-0.15, -0.1) is 35.4 Å². The Hall–Kier alpha value is -2.97. The minimum absolute atomic E-state index is 0.0849. The molecule has 1 saturated heterocycles. The van der Waals surface area contributed by atoms with Crippen LogP contribution in [0.25, 0.3) is 0 Å². The van der Waals surface area contributed by atoms with E-state index >= 15 is 0 Å². The summed E-state index contributed by atoms with van der Waals surface area (Å²) in [4.78, 5) is 63.1. The molecule has 0 amide bonds. The van der Waals surface area contributed by atoms with Gasteiger partial charge in [-0.3, -0.25) is 4.79 Å². The zero-order chi connectivity index (χ0) is 23.3. The summed E-state index contributed by atoms with van der Waals surface area (Å²) < 4.78 is 0. The first-order valence-electron chi connectivity index (χ1n) is 9.00. The molecule has 1 rings (SSSR count). The molecular formula is C15H26N4O11. The third-order valence-electron chi connectivity index (χ3n) is 5.46. The second-order valence-electron chi connectivity index (χ2n) is 8.04. The molecule has 1 fully saturated rings. The Morgan fingerprint density at radius 2 is 1.37 bits per heavy atom. The van der Waals surface area contributed by atoms with Gasteiger partial charge in [-0.2, -0.15) is 0 Å². The number of carbonyl (C=O) groups is 1. The number of hydrogen-bond acceptors (Lipinski definition) is 12. The van der Waals surface area contributed by atoms with Gasteiger partial charge in [-0.1, -0.05) is 0 Å². The van der Waals surface area contributed by atoms with Gasteiger partial charge >= 0.3 is 5.97 Å². The molecule has 0 spiro atoms. The average molecular weight is 438 g/mol.